The molecular formula is C17H23FN4O2S3. The summed E-state index contributed by atoms with van der Waals surface area (Å²) < 4.78 is 39.4. The smallest absolute Gasteiger partial charge is 0.209 e. The summed E-state index contributed by atoms with van der Waals surface area (Å²) in [6.45, 7) is 5.42. The van der Waals surface area contributed by atoms with Gasteiger partial charge in [0.05, 0.1) is 18.2 Å². The summed E-state index contributed by atoms with van der Waals surface area (Å²) in [5, 5.41) is 8.14. The lowest BCUT2D eigenvalue weighted by Gasteiger charge is -2.29. The Balaban J connectivity index is 1.76. The van der Waals surface area contributed by atoms with Gasteiger partial charge in [-0.15, -0.1) is 5.10 Å². The number of aromatic nitrogens is 2. The summed E-state index contributed by atoms with van der Waals surface area (Å²) in [4.78, 5) is 2.15. The van der Waals surface area contributed by atoms with Crippen molar-refractivity contribution in [3.05, 3.63) is 34.0 Å². The highest BCUT2D eigenvalue weighted by atomic mass is 32.2. The summed E-state index contributed by atoms with van der Waals surface area (Å²) in [5.41, 5.74) is 0.604. The monoisotopic (exact) mass is 430 g/mol. The summed E-state index contributed by atoms with van der Waals surface area (Å²) in [6.07, 6.45) is 0.640. The summed E-state index contributed by atoms with van der Waals surface area (Å²) >= 11 is 6.73. The number of sulfone groups is 1. The molecule has 1 fully saturated rings. The van der Waals surface area contributed by atoms with Gasteiger partial charge in [0.2, 0.25) is 5.13 Å². The first-order valence-electron chi connectivity index (χ1n) is 8.77. The lowest BCUT2D eigenvalue weighted by atomic mass is 10.1. The van der Waals surface area contributed by atoms with Crippen molar-refractivity contribution in [2.75, 3.05) is 23.4 Å². The Morgan fingerprint density at radius 1 is 1.48 bits per heavy atom. The molecule has 1 aliphatic heterocycles. The second-order valence-corrected chi connectivity index (χ2v) is 11.0. The molecule has 1 N–H and O–H groups in total. The molecule has 6 nitrogen and oxygen atoms in total. The number of benzene rings is 1. The second-order valence-electron chi connectivity index (χ2n) is 7.17. The summed E-state index contributed by atoms with van der Waals surface area (Å²) in [7, 11) is -2.96. The fourth-order valence-electron chi connectivity index (χ4n) is 3.16. The van der Waals surface area contributed by atoms with E-state index < -0.39 is 9.84 Å². The Morgan fingerprint density at radius 3 is 2.89 bits per heavy atom. The van der Waals surface area contributed by atoms with Crippen LogP contribution in [0.25, 0.3) is 0 Å². The molecule has 148 valence electrons. The molecule has 0 saturated carbocycles. The molecule has 1 unspecified atom stereocenters. The van der Waals surface area contributed by atoms with Crippen LogP contribution in [0, 0.1) is 15.7 Å². The van der Waals surface area contributed by atoms with Crippen LogP contribution >= 0.6 is 23.6 Å². The molecule has 0 bridgehead atoms. The van der Waals surface area contributed by atoms with Crippen molar-refractivity contribution in [1.29, 1.82) is 0 Å². The molecule has 1 aromatic heterocycles. The number of halogens is 1. The molecule has 2 aromatic rings. The lowest BCUT2D eigenvalue weighted by molar-refractivity contribution is 0.138. The van der Waals surface area contributed by atoms with Crippen molar-refractivity contribution < 1.29 is 12.8 Å². The van der Waals surface area contributed by atoms with Gasteiger partial charge in [0.15, 0.2) is 13.8 Å². The highest BCUT2D eigenvalue weighted by Gasteiger charge is 2.32. The highest BCUT2D eigenvalue weighted by Crippen LogP contribution is 2.23. The van der Waals surface area contributed by atoms with Crippen molar-refractivity contribution in [3.63, 3.8) is 0 Å². The van der Waals surface area contributed by atoms with Gasteiger partial charge >= 0.3 is 0 Å². The minimum Gasteiger partial charge on any atom is -0.330 e. The van der Waals surface area contributed by atoms with Gasteiger partial charge in [0, 0.05) is 18.3 Å². The molecule has 0 radical (unpaired) electrons. The van der Waals surface area contributed by atoms with Gasteiger partial charge in [-0.2, -0.15) is 0 Å². The van der Waals surface area contributed by atoms with Crippen molar-refractivity contribution in [3.8, 4) is 0 Å². The molecule has 1 aliphatic rings. The number of nitrogens with zero attached hydrogens (tertiary/aromatic N) is 3. The van der Waals surface area contributed by atoms with E-state index >= 15 is 0 Å². The van der Waals surface area contributed by atoms with Gasteiger partial charge < -0.3 is 5.32 Å². The first kappa shape index (κ1) is 20.4. The van der Waals surface area contributed by atoms with Gasteiger partial charge in [0.25, 0.3) is 0 Å². The number of hydrogen-bond acceptors (Lipinski definition) is 7. The number of anilines is 2. The van der Waals surface area contributed by atoms with Crippen LogP contribution in [0.3, 0.4) is 0 Å². The van der Waals surface area contributed by atoms with Crippen LogP contribution in [0.1, 0.15) is 20.3 Å². The predicted octanol–water partition coefficient (Wildman–Crippen LogP) is 3.66. The second kappa shape index (κ2) is 8.34. The van der Waals surface area contributed by atoms with Crippen molar-refractivity contribution in [1.82, 2.24) is 14.7 Å². The highest BCUT2D eigenvalue weighted by molar-refractivity contribution is 7.91. The minimum atomic E-state index is -2.96. The minimum absolute atomic E-state index is 0.0133. The molecule has 27 heavy (non-hydrogen) atoms. The van der Waals surface area contributed by atoms with E-state index in [0.29, 0.717) is 33.8 Å². The molecule has 2 heterocycles. The van der Waals surface area contributed by atoms with E-state index in [-0.39, 0.29) is 23.4 Å². The Morgan fingerprint density at radius 2 is 2.26 bits per heavy atom. The van der Waals surface area contributed by atoms with Gasteiger partial charge in [0.1, 0.15) is 5.82 Å². The average Bonchev–Trinajstić information content (AvgIpc) is 3.08. The average molecular weight is 431 g/mol. The summed E-state index contributed by atoms with van der Waals surface area (Å²) in [5.74, 6) is 0.492. The number of nitrogens with one attached hydrogen (secondary N) is 1. The molecular weight excluding hydrogens is 407 g/mol. The van der Waals surface area contributed by atoms with Gasteiger partial charge in [-0.25, -0.2) is 17.5 Å². The van der Waals surface area contributed by atoms with Gasteiger partial charge in [-0.05, 0) is 42.8 Å². The Bertz CT molecular complexity index is 955. The van der Waals surface area contributed by atoms with Crippen LogP contribution in [0.2, 0.25) is 0 Å². The maximum absolute atomic E-state index is 13.3. The first-order valence-corrected chi connectivity index (χ1v) is 11.8. The van der Waals surface area contributed by atoms with Crippen LogP contribution in [0.15, 0.2) is 24.3 Å². The zero-order valence-corrected chi connectivity index (χ0v) is 17.7. The molecule has 1 atom stereocenters. The molecule has 3 rings (SSSR count). The normalized spacial score (nSPS) is 19.1. The van der Waals surface area contributed by atoms with E-state index in [0.717, 1.165) is 6.54 Å². The van der Waals surface area contributed by atoms with E-state index in [2.05, 4.69) is 29.2 Å². The maximum atomic E-state index is 13.3. The molecule has 0 spiro atoms. The molecule has 10 heteroatoms. The van der Waals surface area contributed by atoms with Crippen LogP contribution in [-0.4, -0.2) is 47.2 Å². The SMILES string of the molecule is CC(C)CN(Cn1nc(Nc2cccc(F)c2)sc1=S)C1CCS(=O)(=O)C1. The fourth-order valence-corrected chi connectivity index (χ4v) is 5.94. The lowest BCUT2D eigenvalue weighted by Crippen LogP contribution is -2.40. The number of hydrogen-bond donors (Lipinski definition) is 1. The zero-order valence-electron chi connectivity index (χ0n) is 15.3. The third-order valence-electron chi connectivity index (χ3n) is 4.32. The Hall–Kier alpha value is -1.36. The third kappa shape index (κ3) is 5.56. The fraction of sp³-hybridized carbons (Fsp3) is 0.529. The molecule has 1 aromatic carbocycles. The topological polar surface area (TPSA) is 67.2 Å². The van der Waals surface area contributed by atoms with E-state index in [9.17, 15) is 12.8 Å². The zero-order chi connectivity index (χ0) is 19.6. The summed E-state index contributed by atoms with van der Waals surface area (Å²) in [6, 6.07) is 6.14. The van der Waals surface area contributed by atoms with E-state index in [1.54, 1.807) is 16.8 Å². The van der Waals surface area contributed by atoms with Crippen LogP contribution < -0.4 is 5.32 Å². The maximum Gasteiger partial charge on any atom is 0.209 e. The predicted molar refractivity (Wildman–Crippen MR) is 109 cm³/mol. The van der Waals surface area contributed by atoms with Crippen LogP contribution in [0.5, 0.6) is 0 Å². The van der Waals surface area contributed by atoms with E-state index in [1.165, 1.54) is 23.5 Å². The van der Waals surface area contributed by atoms with Gasteiger partial charge in [-0.3, -0.25) is 4.90 Å². The van der Waals surface area contributed by atoms with E-state index in [4.69, 9.17) is 12.2 Å². The standard InChI is InChI=1S/C17H23FN4O2S3/c1-12(2)9-21(15-6-7-27(23,24)10-15)11-22-17(25)26-16(20-22)19-14-5-3-4-13(18)8-14/h3-5,8,12,15H,6-7,9-11H2,1-2H3,(H,19,20). The van der Waals surface area contributed by atoms with Crippen molar-refractivity contribution >= 4 is 44.2 Å². The molecule has 0 amide bonds. The van der Waals surface area contributed by atoms with Crippen molar-refractivity contribution in [2.24, 2.45) is 5.92 Å². The number of rotatable bonds is 7. The van der Waals surface area contributed by atoms with Crippen LogP contribution in [-0.2, 0) is 16.5 Å². The first-order chi connectivity index (χ1) is 12.7. The quantitative estimate of drug-likeness (QED) is 0.676. The van der Waals surface area contributed by atoms with Crippen molar-refractivity contribution in [2.45, 2.75) is 33.0 Å². The third-order valence-corrected chi connectivity index (χ3v) is 7.30. The molecule has 1 saturated heterocycles. The largest absolute Gasteiger partial charge is 0.330 e. The Kier molecular flexibility index (Phi) is 6.29. The molecule has 0 aliphatic carbocycles. The Labute approximate surface area is 167 Å². The van der Waals surface area contributed by atoms with E-state index in [1.807, 2.05) is 0 Å². The van der Waals surface area contributed by atoms with Crippen LogP contribution in [0.4, 0.5) is 15.2 Å². The van der Waals surface area contributed by atoms with Gasteiger partial charge in [-0.1, -0.05) is 31.3 Å².